The Kier molecular flexibility index (Phi) is 2.92. The van der Waals surface area contributed by atoms with Gasteiger partial charge in [-0.1, -0.05) is 18.9 Å². The van der Waals surface area contributed by atoms with E-state index < -0.39 is 5.60 Å². The number of aliphatic hydroxyl groups is 1. The van der Waals surface area contributed by atoms with Gasteiger partial charge in [0.25, 0.3) is 0 Å². The lowest BCUT2D eigenvalue weighted by molar-refractivity contribution is -0.127. The van der Waals surface area contributed by atoms with Crippen molar-refractivity contribution in [3.8, 4) is 0 Å². The highest BCUT2D eigenvalue weighted by Gasteiger charge is 2.51. The van der Waals surface area contributed by atoms with Gasteiger partial charge in [-0.3, -0.25) is 4.90 Å². The number of piperidine rings is 1. The monoisotopic (exact) mass is 223 g/mol. The molecule has 92 valence electrons. The van der Waals surface area contributed by atoms with Crippen molar-refractivity contribution in [2.24, 2.45) is 5.92 Å². The van der Waals surface area contributed by atoms with E-state index >= 15 is 0 Å². The largest absolute Gasteiger partial charge is 0.385 e. The molecule has 0 amide bonds. The average Bonchev–Trinajstić information content (AvgIpc) is 2.26. The lowest BCUT2D eigenvalue weighted by Gasteiger charge is -2.57. The number of hydrogen-bond donors (Lipinski definition) is 1. The molecule has 1 saturated heterocycles. The first-order valence-corrected chi connectivity index (χ1v) is 6.50. The number of likely N-dealkylation sites (tertiary alicyclic amines) is 1. The van der Waals surface area contributed by atoms with Crippen LogP contribution in [-0.2, 0) is 0 Å². The van der Waals surface area contributed by atoms with Crippen LogP contribution in [0.25, 0.3) is 0 Å². The summed E-state index contributed by atoms with van der Waals surface area (Å²) in [6, 6.07) is 0.528. The summed E-state index contributed by atoms with van der Waals surface area (Å²) >= 11 is 0. The molecule has 1 saturated carbocycles. The van der Waals surface area contributed by atoms with Crippen molar-refractivity contribution in [1.82, 2.24) is 4.90 Å². The van der Waals surface area contributed by atoms with Crippen LogP contribution < -0.4 is 0 Å². The van der Waals surface area contributed by atoms with Crippen molar-refractivity contribution in [3.63, 3.8) is 0 Å². The smallest absolute Gasteiger partial charge is 0.0885 e. The van der Waals surface area contributed by atoms with Crippen LogP contribution in [0.3, 0.4) is 0 Å². The quantitative estimate of drug-likeness (QED) is 0.691. The van der Waals surface area contributed by atoms with Gasteiger partial charge in [0.2, 0.25) is 0 Å². The zero-order valence-corrected chi connectivity index (χ0v) is 10.9. The summed E-state index contributed by atoms with van der Waals surface area (Å²) in [4.78, 5) is 2.48. The van der Waals surface area contributed by atoms with Crippen LogP contribution in [0.5, 0.6) is 0 Å². The van der Waals surface area contributed by atoms with E-state index in [-0.39, 0.29) is 5.54 Å². The van der Waals surface area contributed by atoms with Crippen LogP contribution in [0.1, 0.15) is 46.0 Å². The third-order valence-electron chi connectivity index (χ3n) is 4.89. The zero-order valence-electron chi connectivity index (χ0n) is 10.9. The first kappa shape index (κ1) is 12.1. The molecule has 1 aliphatic carbocycles. The highest BCUT2D eigenvalue weighted by molar-refractivity contribution is 5.13. The van der Waals surface area contributed by atoms with Crippen molar-refractivity contribution in [1.29, 1.82) is 0 Å². The molecular weight excluding hydrogens is 198 g/mol. The summed E-state index contributed by atoms with van der Waals surface area (Å²) < 4.78 is 0. The molecule has 0 aromatic heterocycles. The maximum absolute atomic E-state index is 10.8. The van der Waals surface area contributed by atoms with Crippen LogP contribution in [0.2, 0.25) is 0 Å². The van der Waals surface area contributed by atoms with Crippen LogP contribution in [0.4, 0.5) is 0 Å². The van der Waals surface area contributed by atoms with E-state index in [9.17, 15) is 5.11 Å². The maximum Gasteiger partial charge on any atom is 0.0885 e. The number of fused-ring (bicyclic) bond motifs is 1. The molecule has 0 aromatic rings. The Morgan fingerprint density at radius 2 is 1.94 bits per heavy atom. The molecule has 3 atom stereocenters. The summed E-state index contributed by atoms with van der Waals surface area (Å²) in [5.74, 6) is 0.386. The fourth-order valence-corrected chi connectivity index (χ4v) is 3.78. The van der Waals surface area contributed by atoms with Gasteiger partial charge in [-0.2, -0.15) is 0 Å². The summed E-state index contributed by atoms with van der Waals surface area (Å²) in [6.45, 7) is 8.33. The van der Waals surface area contributed by atoms with Gasteiger partial charge in [-0.05, 0) is 40.2 Å². The second-order valence-corrected chi connectivity index (χ2v) is 6.25. The maximum atomic E-state index is 10.8. The Labute approximate surface area is 99.3 Å². The van der Waals surface area contributed by atoms with Crippen molar-refractivity contribution < 1.29 is 5.11 Å². The Balaban J connectivity index is 2.33. The second-order valence-electron chi connectivity index (χ2n) is 6.25. The Morgan fingerprint density at radius 3 is 2.56 bits per heavy atom. The second kappa shape index (κ2) is 3.85. The standard InChI is InChI=1S/C14H25NO/c1-5-14(16)10-13(2,3)15(4)12-9-7-6-8-11(12)14/h5,11-12,16H,1,6-10H2,2-4H3. The summed E-state index contributed by atoms with van der Waals surface area (Å²) in [6.07, 6.45) is 7.53. The minimum Gasteiger partial charge on any atom is -0.385 e. The Bertz CT molecular complexity index is 286. The highest BCUT2D eigenvalue weighted by atomic mass is 16.3. The topological polar surface area (TPSA) is 23.5 Å². The molecule has 1 aliphatic heterocycles. The first-order valence-electron chi connectivity index (χ1n) is 6.50. The van der Waals surface area contributed by atoms with Crippen molar-refractivity contribution >= 4 is 0 Å². The summed E-state index contributed by atoms with van der Waals surface area (Å²) in [5.41, 5.74) is -0.581. The average molecular weight is 223 g/mol. The van der Waals surface area contributed by atoms with Gasteiger partial charge >= 0.3 is 0 Å². The molecule has 0 radical (unpaired) electrons. The molecule has 1 heterocycles. The Hall–Kier alpha value is -0.340. The molecule has 0 aromatic carbocycles. The van der Waals surface area contributed by atoms with Crippen molar-refractivity contribution in [2.45, 2.75) is 63.1 Å². The number of rotatable bonds is 1. The minimum atomic E-state index is -0.652. The lowest BCUT2D eigenvalue weighted by Crippen LogP contribution is -2.64. The predicted molar refractivity (Wildman–Crippen MR) is 67.4 cm³/mol. The SMILES string of the molecule is C=CC1(O)CC(C)(C)N(C)C2CCCCC21. The fourth-order valence-electron chi connectivity index (χ4n) is 3.78. The molecule has 2 nitrogen and oxygen atoms in total. The van der Waals surface area contributed by atoms with Gasteiger partial charge in [0.05, 0.1) is 5.60 Å². The van der Waals surface area contributed by atoms with Gasteiger partial charge in [-0.15, -0.1) is 6.58 Å². The normalized spacial score (nSPS) is 43.8. The zero-order chi connectivity index (χ0) is 12.0. The van der Waals surface area contributed by atoms with E-state index in [0.29, 0.717) is 12.0 Å². The number of hydrogen-bond acceptors (Lipinski definition) is 2. The van der Waals surface area contributed by atoms with Gasteiger partial charge in [0, 0.05) is 17.5 Å². The van der Waals surface area contributed by atoms with E-state index in [1.807, 2.05) is 0 Å². The molecule has 1 N–H and O–H groups in total. The fraction of sp³-hybridized carbons (Fsp3) is 0.857. The highest BCUT2D eigenvalue weighted by Crippen LogP contribution is 2.47. The van der Waals surface area contributed by atoms with E-state index in [2.05, 4.69) is 32.4 Å². The Morgan fingerprint density at radius 1 is 1.31 bits per heavy atom. The first-order chi connectivity index (χ1) is 7.41. The molecular formula is C14H25NO. The third-order valence-corrected chi connectivity index (χ3v) is 4.89. The van der Waals surface area contributed by atoms with Gasteiger partial charge in [0.1, 0.15) is 0 Å². The van der Waals surface area contributed by atoms with E-state index in [0.717, 1.165) is 12.8 Å². The molecule has 2 fully saturated rings. The van der Waals surface area contributed by atoms with E-state index in [1.165, 1.54) is 19.3 Å². The third kappa shape index (κ3) is 1.72. The lowest BCUT2D eigenvalue weighted by atomic mass is 9.64. The van der Waals surface area contributed by atoms with E-state index in [4.69, 9.17) is 0 Å². The van der Waals surface area contributed by atoms with Crippen molar-refractivity contribution in [2.75, 3.05) is 7.05 Å². The molecule has 0 bridgehead atoms. The van der Waals surface area contributed by atoms with Gasteiger partial charge in [-0.25, -0.2) is 0 Å². The van der Waals surface area contributed by atoms with Crippen LogP contribution in [0.15, 0.2) is 12.7 Å². The molecule has 16 heavy (non-hydrogen) atoms. The predicted octanol–water partition coefficient (Wildman–Crippen LogP) is 2.58. The molecule has 3 unspecified atom stereocenters. The summed E-state index contributed by atoms with van der Waals surface area (Å²) in [7, 11) is 2.21. The van der Waals surface area contributed by atoms with Crippen LogP contribution in [-0.4, -0.2) is 34.2 Å². The van der Waals surface area contributed by atoms with E-state index in [1.54, 1.807) is 6.08 Å². The summed E-state index contributed by atoms with van der Waals surface area (Å²) in [5, 5.41) is 10.8. The van der Waals surface area contributed by atoms with Gasteiger partial charge in [0.15, 0.2) is 0 Å². The molecule has 2 rings (SSSR count). The number of nitrogens with zero attached hydrogens (tertiary/aromatic N) is 1. The molecule has 2 heteroatoms. The molecule has 2 aliphatic rings. The van der Waals surface area contributed by atoms with Crippen molar-refractivity contribution in [3.05, 3.63) is 12.7 Å². The van der Waals surface area contributed by atoms with Crippen LogP contribution in [0, 0.1) is 5.92 Å². The van der Waals surface area contributed by atoms with Gasteiger partial charge < -0.3 is 5.11 Å². The van der Waals surface area contributed by atoms with Crippen LogP contribution >= 0.6 is 0 Å². The molecule has 0 spiro atoms. The minimum absolute atomic E-state index is 0.0709.